The highest BCUT2D eigenvalue weighted by atomic mass is 16.3. The quantitative estimate of drug-likeness (QED) is 0.718. The summed E-state index contributed by atoms with van der Waals surface area (Å²) in [5.41, 5.74) is 0.749. The van der Waals surface area contributed by atoms with Crippen molar-refractivity contribution in [2.24, 2.45) is 0 Å². The lowest BCUT2D eigenvalue weighted by atomic mass is 10.1. The van der Waals surface area contributed by atoms with E-state index in [0.717, 1.165) is 18.4 Å². The molecule has 0 heterocycles. The molecule has 0 spiro atoms. The first-order valence-corrected chi connectivity index (χ1v) is 4.92. The summed E-state index contributed by atoms with van der Waals surface area (Å²) in [5.74, 6) is 0.214. The van der Waals surface area contributed by atoms with E-state index < -0.39 is 0 Å². The van der Waals surface area contributed by atoms with Crippen LogP contribution in [0.5, 0.6) is 11.5 Å². The van der Waals surface area contributed by atoms with Gasteiger partial charge in [-0.25, -0.2) is 0 Å². The number of hydrogen-bond acceptors (Lipinski definition) is 2. The lowest BCUT2D eigenvalue weighted by Gasteiger charge is -1.99. The van der Waals surface area contributed by atoms with Gasteiger partial charge in [-0.2, -0.15) is 0 Å². The minimum absolute atomic E-state index is 0.0909. The molecule has 0 aliphatic rings. The first-order chi connectivity index (χ1) is 6.74. The van der Waals surface area contributed by atoms with E-state index in [-0.39, 0.29) is 11.5 Å². The lowest BCUT2D eigenvalue weighted by molar-refractivity contribution is 0.450. The van der Waals surface area contributed by atoms with Gasteiger partial charge in [0.05, 0.1) is 0 Å². The van der Waals surface area contributed by atoms with Crippen LogP contribution in [0.1, 0.15) is 31.7 Å². The molecule has 0 unspecified atom stereocenters. The Hall–Kier alpha value is -1.44. The minimum Gasteiger partial charge on any atom is -0.508 e. The second kappa shape index (κ2) is 5.32. The van der Waals surface area contributed by atoms with Crippen molar-refractivity contribution in [2.45, 2.75) is 26.2 Å². The van der Waals surface area contributed by atoms with Crippen LogP contribution in [0.15, 0.2) is 24.3 Å². The van der Waals surface area contributed by atoms with E-state index in [1.54, 1.807) is 12.1 Å². The third-order valence-corrected chi connectivity index (χ3v) is 2.04. The second-order valence-corrected chi connectivity index (χ2v) is 3.29. The van der Waals surface area contributed by atoms with Crippen LogP contribution in [0.4, 0.5) is 0 Å². The van der Waals surface area contributed by atoms with Crippen LogP contribution in [0.25, 0.3) is 6.08 Å². The van der Waals surface area contributed by atoms with Gasteiger partial charge in [0.1, 0.15) is 11.5 Å². The fourth-order valence-corrected chi connectivity index (χ4v) is 1.21. The average molecular weight is 192 g/mol. The number of allylic oxidation sites excluding steroid dienone is 1. The summed E-state index contributed by atoms with van der Waals surface area (Å²) in [6, 6.07) is 4.62. The molecule has 0 fully saturated rings. The highest BCUT2D eigenvalue weighted by molar-refractivity contribution is 5.58. The third-order valence-electron chi connectivity index (χ3n) is 2.04. The van der Waals surface area contributed by atoms with Gasteiger partial charge in [-0.3, -0.25) is 0 Å². The predicted molar refractivity (Wildman–Crippen MR) is 58.3 cm³/mol. The van der Waals surface area contributed by atoms with E-state index >= 15 is 0 Å². The fourth-order valence-electron chi connectivity index (χ4n) is 1.21. The van der Waals surface area contributed by atoms with Crippen molar-refractivity contribution in [1.82, 2.24) is 0 Å². The first kappa shape index (κ1) is 10.6. The van der Waals surface area contributed by atoms with Crippen LogP contribution in [0.2, 0.25) is 0 Å². The molecule has 1 aromatic rings. The van der Waals surface area contributed by atoms with Crippen molar-refractivity contribution in [1.29, 1.82) is 0 Å². The Bertz CT molecular complexity index is 316. The van der Waals surface area contributed by atoms with E-state index in [9.17, 15) is 5.11 Å². The zero-order chi connectivity index (χ0) is 10.4. The Balaban J connectivity index is 2.62. The van der Waals surface area contributed by atoms with E-state index in [4.69, 9.17) is 5.11 Å². The van der Waals surface area contributed by atoms with Gasteiger partial charge in [-0.05, 0) is 18.6 Å². The maximum atomic E-state index is 9.44. The molecule has 1 aromatic carbocycles. The summed E-state index contributed by atoms with van der Waals surface area (Å²) in [5, 5.41) is 18.5. The summed E-state index contributed by atoms with van der Waals surface area (Å²) in [7, 11) is 0. The summed E-state index contributed by atoms with van der Waals surface area (Å²) >= 11 is 0. The molecule has 0 saturated heterocycles. The smallest absolute Gasteiger partial charge is 0.126 e. The SMILES string of the molecule is CCCCC=Cc1ccc(O)cc1O. The first-order valence-electron chi connectivity index (χ1n) is 4.92. The van der Waals surface area contributed by atoms with Gasteiger partial charge in [-0.1, -0.05) is 31.9 Å². The highest BCUT2D eigenvalue weighted by Crippen LogP contribution is 2.23. The zero-order valence-electron chi connectivity index (χ0n) is 8.40. The van der Waals surface area contributed by atoms with Gasteiger partial charge in [0.2, 0.25) is 0 Å². The molecule has 0 aliphatic carbocycles. The Morgan fingerprint density at radius 1 is 1.29 bits per heavy atom. The molecule has 0 saturated carbocycles. The summed E-state index contributed by atoms with van der Waals surface area (Å²) < 4.78 is 0. The summed E-state index contributed by atoms with van der Waals surface area (Å²) in [4.78, 5) is 0. The molecule has 2 heteroatoms. The second-order valence-electron chi connectivity index (χ2n) is 3.29. The van der Waals surface area contributed by atoms with Gasteiger partial charge in [0.15, 0.2) is 0 Å². The Morgan fingerprint density at radius 3 is 2.71 bits per heavy atom. The molecular weight excluding hydrogens is 176 g/mol. The average Bonchev–Trinajstić information content (AvgIpc) is 2.15. The Kier molecular flexibility index (Phi) is 4.05. The number of phenolic OH excluding ortho intramolecular Hbond substituents is 2. The van der Waals surface area contributed by atoms with Crippen molar-refractivity contribution >= 4 is 6.08 Å². The minimum atomic E-state index is 0.0909. The molecule has 14 heavy (non-hydrogen) atoms. The molecular formula is C12H16O2. The van der Waals surface area contributed by atoms with E-state index in [1.165, 1.54) is 12.5 Å². The lowest BCUT2D eigenvalue weighted by Crippen LogP contribution is -1.74. The number of unbranched alkanes of at least 4 members (excludes halogenated alkanes) is 2. The van der Waals surface area contributed by atoms with Crippen molar-refractivity contribution in [3.05, 3.63) is 29.8 Å². The van der Waals surface area contributed by atoms with Crippen LogP contribution in [0, 0.1) is 0 Å². The van der Waals surface area contributed by atoms with Crippen molar-refractivity contribution < 1.29 is 10.2 Å². The van der Waals surface area contributed by atoms with Gasteiger partial charge >= 0.3 is 0 Å². The molecule has 0 radical (unpaired) electrons. The summed E-state index contributed by atoms with van der Waals surface area (Å²) in [6.45, 7) is 2.14. The predicted octanol–water partition coefficient (Wildman–Crippen LogP) is 3.30. The molecule has 0 bridgehead atoms. The number of hydrogen-bond donors (Lipinski definition) is 2. The van der Waals surface area contributed by atoms with E-state index in [2.05, 4.69) is 6.92 Å². The normalized spacial score (nSPS) is 10.9. The van der Waals surface area contributed by atoms with Crippen molar-refractivity contribution in [2.75, 3.05) is 0 Å². The Morgan fingerprint density at radius 2 is 2.07 bits per heavy atom. The molecule has 0 atom stereocenters. The van der Waals surface area contributed by atoms with Gasteiger partial charge in [0.25, 0.3) is 0 Å². The van der Waals surface area contributed by atoms with Gasteiger partial charge in [-0.15, -0.1) is 0 Å². The molecule has 0 amide bonds. The number of phenols is 2. The van der Waals surface area contributed by atoms with Crippen LogP contribution >= 0.6 is 0 Å². The van der Waals surface area contributed by atoms with Crippen molar-refractivity contribution in [3.8, 4) is 11.5 Å². The van der Waals surface area contributed by atoms with Crippen LogP contribution in [-0.2, 0) is 0 Å². The monoisotopic (exact) mass is 192 g/mol. The van der Waals surface area contributed by atoms with E-state index in [0.29, 0.717) is 0 Å². The standard InChI is InChI=1S/C12H16O2/c1-2-3-4-5-6-10-7-8-11(13)9-12(10)14/h5-9,13-14H,2-4H2,1H3. The topological polar surface area (TPSA) is 40.5 Å². The fraction of sp³-hybridized carbons (Fsp3) is 0.333. The summed E-state index contributed by atoms with van der Waals surface area (Å²) in [6.07, 6.45) is 7.28. The van der Waals surface area contributed by atoms with E-state index in [1.807, 2.05) is 12.2 Å². The Labute approximate surface area is 84.5 Å². The molecule has 0 aliphatic heterocycles. The molecule has 0 aromatic heterocycles. The van der Waals surface area contributed by atoms with Crippen LogP contribution < -0.4 is 0 Å². The highest BCUT2D eigenvalue weighted by Gasteiger charge is 1.97. The van der Waals surface area contributed by atoms with Gasteiger partial charge < -0.3 is 10.2 Å². The maximum absolute atomic E-state index is 9.44. The van der Waals surface area contributed by atoms with Crippen LogP contribution in [-0.4, -0.2) is 10.2 Å². The van der Waals surface area contributed by atoms with Crippen LogP contribution in [0.3, 0.4) is 0 Å². The number of benzene rings is 1. The number of aromatic hydroxyl groups is 2. The largest absolute Gasteiger partial charge is 0.508 e. The zero-order valence-corrected chi connectivity index (χ0v) is 8.40. The molecule has 2 nitrogen and oxygen atoms in total. The molecule has 1 rings (SSSR count). The van der Waals surface area contributed by atoms with Gasteiger partial charge in [0, 0.05) is 11.6 Å². The molecule has 2 N–H and O–H groups in total. The molecule has 76 valence electrons. The maximum Gasteiger partial charge on any atom is 0.126 e. The number of rotatable bonds is 4. The third kappa shape index (κ3) is 3.13. The van der Waals surface area contributed by atoms with Crippen molar-refractivity contribution in [3.63, 3.8) is 0 Å².